The van der Waals surface area contributed by atoms with E-state index in [9.17, 15) is 9.59 Å². The molecule has 2 unspecified atom stereocenters. The normalized spacial score (nSPS) is 14.9. The Labute approximate surface area is 375 Å². The number of unbranched alkanes of at least 4 members (excludes halogenated alkanes) is 16. The molecule has 4 heterocycles. The molecule has 0 spiro atoms. The van der Waals surface area contributed by atoms with Crippen LogP contribution < -0.4 is 20.2 Å². The summed E-state index contributed by atoms with van der Waals surface area (Å²) in [4.78, 5) is 38.8. The zero-order valence-corrected chi connectivity index (χ0v) is 41.3. The average molecular weight is 943 g/mol. The van der Waals surface area contributed by atoms with E-state index in [1.807, 2.05) is 0 Å². The average Bonchev–Trinajstić information content (AvgIpc) is 4.08. The van der Waals surface area contributed by atoms with Gasteiger partial charge in [0.2, 0.25) is 0 Å². The van der Waals surface area contributed by atoms with Gasteiger partial charge in [0.1, 0.15) is 0 Å². The summed E-state index contributed by atoms with van der Waals surface area (Å²) in [6.07, 6.45) is 30.4. The molecule has 2 aliphatic rings. The van der Waals surface area contributed by atoms with Crippen molar-refractivity contribution in [3.05, 3.63) is 77.7 Å². The van der Waals surface area contributed by atoms with Gasteiger partial charge in [-0.1, -0.05) is 26.7 Å². The predicted octanol–water partition coefficient (Wildman–Crippen LogP) is 12.7. The monoisotopic (exact) mass is 944 g/mol. The number of rotatable bonds is 30. The van der Waals surface area contributed by atoms with Crippen LogP contribution in [0.1, 0.15) is 191 Å². The Bertz CT molecular complexity index is 1900. The second-order valence-corrected chi connectivity index (χ2v) is 22.1. The minimum absolute atomic E-state index is 0.156. The molecule has 0 radical (unpaired) electrons. The van der Waals surface area contributed by atoms with Crippen LogP contribution in [0.4, 0.5) is 11.4 Å². The third-order valence-electron chi connectivity index (χ3n) is 13.4. The number of hydrogen-bond acceptors (Lipinski definition) is 2. The van der Waals surface area contributed by atoms with Crippen molar-refractivity contribution >= 4 is 74.1 Å². The summed E-state index contributed by atoms with van der Waals surface area (Å²) in [6.45, 7) is 10.7. The summed E-state index contributed by atoms with van der Waals surface area (Å²) in [7, 11) is 0. The number of carbonyl (C=O) groups excluding carboxylic acids is 2. The minimum atomic E-state index is 0.156. The number of hydrogen-bond donors (Lipinski definition) is 0. The van der Waals surface area contributed by atoms with Gasteiger partial charge in [-0.3, -0.25) is 0 Å². The molecule has 4 aromatic rings. The Morgan fingerprint density at radius 3 is 1.10 bits per heavy atom. The van der Waals surface area contributed by atoms with Crippen LogP contribution in [0, 0.1) is 11.8 Å². The van der Waals surface area contributed by atoms with Gasteiger partial charge in [-0.15, -0.1) is 0 Å². The van der Waals surface area contributed by atoms with Gasteiger partial charge in [0.05, 0.1) is 0 Å². The van der Waals surface area contributed by atoms with Gasteiger partial charge in [0, 0.05) is 0 Å². The molecule has 0 aliphatic carbocycles. The zero-order valence-electron chi connectivity index (χ0n) is 37.8. The number of nitrogens with zero attached hydrogens (tertiary/aromatic N) is 2. The number of amides is 2. The molecule has 2 atom stereocenters. The van der Waals surface area contributed by atoms with Crippen LogP contribution in [-0.2, 0) is 9.59 Å². The van der Waals surface area contributed by atoms with Crippen LogP contribution in [0.5, 0.6) is 0 Å². The first kappa shape index (κ1) is 46.9. The van der Waals surface area contributed by atoms with Crippen molar-refractivity contribution in [2.45, 2.75) is 182 Å². The van der Waals surface area contributed by atoms with Crippen LogP contribution in [0.2, 0.25) is 0 Å². The summed E-state index contributed by atoms with van der Waals surface area (Å²) < 4.78 is 2.39. The molecule has 0 saturated carbocycles. The first-order chi connectivity index (χ1) is 29.5. The Morgan fingerprint density at radius 2 is 0.767 bits per heavy atom. The summed E-state index contributed by atoms with van der Waals surface area (Å²) >= 11 is 0.312. The molecule has 0 bridgehead atoms. The van der Waals surface area contributed by atoms with Gasteiger partial charge in [-0.25, -0.2) is 0 Å². The smallest absolute Gasteiger partial charge is 0.0654 e. The standard InChI is InChI=1S/C54H76N2O2Se2/c1-5-9-13-17-19-23-29-41(27-21-15-11-7-3)39-55-51-43-33-36-46-50(48-32-26-38-60-48)54(58)56(40-42(28-22-16-12-8-4)30-24-20-18-14-10-6-2)52(46)44(43)34-35-45(51)49(53(55)57)47-31-25-37-59-47/h25-26,31-38,41-42H,5-24,27-30,39-40H2,1-4H3. The molecule has 2 amide bonds. The predicted molar refractivity (Wildman–Crippen MR) is 260 cm³/mol. The molecule has 2 aromatic heterocycles. The van der Waals surface area contributed by atoms with Gasteiger partial charge >= 0.3 is 351 Å². The van der Waals surface area contributed by atoms with Crippen molar-refractivity contribution < 1.29 is 9.59 Å². The first-order valence-corrected chi connectivity index (χ1v) is 28.3. The van der Waals surface area contributed by atoms with Gasteiger partial charge in [0.15, 0.2) is 0 Å². The van der Waals surface area contributed by atoms with E-state index in [4.69, 9.17) is 0 Å². The molecule has 6 rings (SSSR count). The minimum Gasteiger partial charge on any atom is -0.0654 e. The Morgan fingerprint density at radius 1 is 0.433 bits per heavy atom. The van der Waals surface area contributed by atoms with Crippen LogP contribution in [0.15, 0.2) is 58.4 Å². The molecular weight excluding hydrogens is 867 g/mol. The van der Waals surface area contributed by atoms with Gasteiger partial charge in [-0.2, -0.15) is 0 Å². The molecule has 0 fully saturated rings. The zero-order chi connectivity index (χ0) is 42.1. The summed E-state index contributed by atoms with van der Waals surface area (Å²) in [5, 5.41) is 4.46. The van der Waals surface area contributed by atoms with Crippen molar-refractivity contribution in [2.24, 2.45) is 11.8 Å². The Hall–Kier alpha value is -2.62. The fraction of sp³-hybridized carbons (Fsp3) is 0.593. The second-order valence-electron chi connectivity index (χ2n) is 18.1. The van der Waals surface area contributed by atoms with E-state index in [-0.39, 0.29) is 40.8 Å². The van der Waals surface area contributed by atoms with Crippen LogP contribution in [0.25, 0.3) is 21.9 Å². The number of anilines is 2. The van der Waals surface area contributed by atoms with E-state index in [2.05, 4.69) is 95.9 Å². The maximum atomic E-state index is 15.0. The molecule has 6 heteroatoms. The summed E-state index contributed by atoms with van der Waals surface area (Å²) in [5.41, 5.74) is 4.02. The number of benzene rings is 2. The van der Waals surface area contributed by atoms with Crippen molar-refractivity contribution in [1.29, 1.82) is 0 Å². The SMILES string of the molecule is CCCCCCCCC(CCCCCC)CN1C(=O)C(c2ccc[se]2)=c2ccc3c4c(ccc3c21)=C(c1ccc[se]1)C(=O)N4CC(CCCCCC)CCCCCCCC. The molecule has 2 aliphatic heterocycles. The van der Waals surface area contributed by atoms with Crippen molar-refractivity contribution in [3.63, 3.8) is 0 Å². The molecule has 326 valence electrons. The van der Waals surface area contributed by atoms with Crippen LogP contribution in [-0.4, -0.2) is 53.9 Å². The Balaban J connectivity index is 1.40. The molecule has 2 aromatic carbocycles. The number of carbonyl (C=O) groups is 2. The van der Waals surface area contributed by atoms with Crippen LogP contribution in [0.3, 0.4) is 0 Å². The summed E-state index contributed by atoms with van der Waals surface area (Å²) in [6, 6.07) is 17.7. The summed E-state index contributed by atoms with van der Waals surface area (Å²) in [5.74, 6) is 1.33. The topological polar surface area (TPSA) is 40.6 Å². The Kier molecular flexibility index (Phi) is 19.4. The molecule has 4 nitrogen and oxygen atoms in total. The quantitative estimate of drug-likeness (QED) is 0.0386. The van der Waals surface area contributed by atoms with E-state index < -0.39 is 0 Å². The van der Waals surface area contributed by atoms with Gasteiger partial charge < -0.3 is 0 Å². The van der Waals surface area contributed by atoms with Crippen LogP contribution >= 0.6 is 0 Å². The molecule has 0 N–H and O–H groups in total. The van der Waals surface area contributed by atoms with E-state index in [1.165, 1.54) is 163 Å². The van der Waals surface area contributed by atoms with E-state index in [0.29, 0.717) is 11.8 Å². The number of fused-ring (bicyclic) bond motifs is 5. The van der Waals surface area contributed by atoms with E-state index in [1.54, 1.807) is 0 Å². The van der Waals surface area contributed by atoms with E-state index >= 15 is 0 Å². The maximum absolute atomic E-state index is 15.0. The third kappa shape index (κ3) is 11.9. The fourth-order valence-electron chi connectivity index (χ4n) is 10.0. The van der Waals surface area contributed by atoms with Crippen molar-refractivity contribution in [1.82, 2.24) is 0 Å². The van der Waals surface area contributed by atoms with Gasteiger partial charge in [0.25, 0.3) is 0 Å². The fourth-order valence-corrected chi connectivity index (χ4v) is 13.3. The second kappa shape index (κ2) is 24.9. The van der Waals surface area contributed by atoms with E-state index in [0.717, 1.165) is 56.8 Å². The molecule has 60 heavy (non-hydrogen) atoms. The van der Waals surface area contributed by atoms with Gasteiger partial charge in [-0.05, 0) is 0 Å². The van der Waals surface area contributed by atoms with Crippen molar-refractivity contribution in [3.8, 4) is 0 Å². The molecule has 0 saturated heterocycles. The first-order valence-electron chi connectivity index (χ1n) is 24.6. The third-order valence-corrected chi connectivity index (χ3v) is 17.1. The van der Waals surface area contributed by atoms with Crippen molar-refractivity contribution in [2.75, 3.05) is 22.9 Å². The molecular formula is C54H76N2O2Se2.